The lowest BCUT2D eigenvalue weighted by atomic mass is 9.98. The lowest BCUT2D eigenvalue weighted by Gasteiger charge is -2.21. The Kier molecular flexibility index (Phi) is 2.75. The first-order valence-electron chi connectivity index (χ1n) is 4.95. The molecular weight excluding hydrogens is 256 g/mol. The van der Waals surface area contributed by atoms with Gasteiger partial charge in [0.2, 0.25) is 0 Å². The van der Waals surface area contributed by atoms with Gasteiger partial charge < -0.3 is 16.2 Å². The van der Waals surface area contributed by atoms with Gasteiger partial charge in [-0.05, 0) is 31.0 Å². The Balaban J connectivity index is 2.36. The van der Waals surface area contributed by atoms with Crippen LogP contribution in [0, 0.1) is 0 Å². The highest BCUT2D eigenvalue weighted by Crippen LogP contribution is 2.44. The topological polar surface area (TPSA) is 61.3 Å². The maximum Gasteiger partial charge on any atom is 0.123 e. The van der Waals surface area contributed by atoms with Gasteiger partial charge in [0, 0.05) is 15.6 Å². The SMILES string of the molecule is COc1ccc(Br)cc1C(N)C1(N)CC1. The molecule has 2 rings (SSSR count). The predicted molar refractivity (Wildman–Crippen MR) is 63.8 cm³/mol. The second kappa shape index (κ2) is 3.77. The molecule has 4 heteroatoms. The average molecular weight is 271 g/mol. The molecule has 0 bridgehead atoms. The lowest BCUT2D eigenvalue weighted by molar-refractivity contribution is 0.398. The molecule has 15 heavy (non-hydrogen) atoms. The number of hydrogen-bond acceptors (Lipinski definition) is 3. The van der Waals surface area contributed by atoms with Crippen molar-refractivity contribution < 1.29 is 4.74 Å². The number of rotatable bonds is 3. The summed E-state index contributed by atoms with van der Waals surface area (Å²) < 4.78 is 6.29. The van der Waals surface area contributed by atoms with Gasteiger partial charge in [-0.3, -0.25) is 0 Å². The minimum Gasteiger partial charge on any atom is -0.496 e. The number of hydrogen-bond donors (Lipinski definition) is 2. The molecule has 0 radical (unpaired) electrons. The molecule has 1 aliphatic carbocycles. The molecule has 0 spiro atoms. The van der Waals surface area contributed by atoms with Gasteiger partial charge in [0.25, 0.3) is 0 Å². The molecule has 1 fully saturated rings. The Bertz CT molecular complexity index is 377. The van der Waals surface area contributed by atoms with Crippen LogP contribution in [0.2, 0.25) is 0 Å². The molecule has 0 heterocycles. The number of benzene rings is 1. The van der Waals surface area contributed by atoms with Gasteiger partial charge in [-0.1, -0.05) is 15.9 Å². The molecule has 0 aromatic heterocycles. The molecule has 82 valence electrons. The summed E-state index contributed by atoms with van der Waals surface area (Å²) in [4.78, 5) is 0. The van der Waals surface area contributed by atoms with Gasteiger partial charge in [0.15, 0.2) is 0 Å². The zero-order chi connectivity index (χ0) is 11.1. The summed E-state index contributed by atoms with van der Waals surface area (Å²) in [6, 6.07) is 5.68. The van der Waals surface area contributed by atoms with E-state index in [-0.39, 0.29) is 11.6 Å². The summed E-state index contributed by atoms with van der Waals surface area (Å²) in [7, 11) is 1.65. The van der Waals surface area contributed by atoms with Crippen molar-refractivity contribution in [1.82, 2.24) is 0 Å². The highest BCUT2D eigenvalue weighted by molar-refractivity contribution is 9.10. The molecule has 1 aliphatic rings. The van der Waals surface area contributed by atoms with Crippen molar-refractivity contribution in [3.8, 4) is 5.75 Å². The van der Waals surface area contributed by atoms with Crippen LogP contribution in [0.4, 0.5) is 0 Å². The molecule has 1 aromatic carbocycles. The number of ether oxygens (including phenoxy) is 1. The van der Waals surface area contributed by atoms with E-state index in [1.54, 1.807) is 7.11 Å². The first-order chi connectivity index (χ1) is 7.07. The van der Waals surface area contributed by atoms with E-state index in [1.165, 1.54) is 0 Å². The van der Waals surface area contributed by atoms with Crippen LogP contribution in [0.15, 0.2) is 22.7 Å². The van der Waals surface area contributed by atoms with Gasteiger partial charge in [-0.25, -0.2) is 0 Å². The fourth-order valence-electron chi connectivity index (χ4n) is 1.71. The third kappa shape index (κ3) is 2.02. The van der Waals surface area contributed by atoms with Crippen LogP contribution in [-0.4, -0.2) is 12.6 Å². The minimum absolute atomic E-state index is 0.148. The molecule has 1 unspecified atom stereocenters. The van der Waals surface area contributed by atoms with Crippen molar-refractivity contribution in [2.75, 3.05) is 7.11 Å². The van der Waals surface area contributed by atoms with E-state index in [0.29, 0.717) is 0 Å². The third-order valence-corrected chi connectivity index (χ3v) is 3.47. The zero-order valence-corrected chi connectivity index (χ0v) is 10.3. The molecule has 3 nitrogen and oxygen atoms in total. The predicted octanol–water partition coefficient (Wildman–Crippen LogP) is 1.95. The van der Waals surface area contributed by atoms with Crippen LogP contribution >= 0.6 is 15.9 Å². The Morgan fingerprint density at radius 3 is 2.67 bits per heavy atom. The van der Waals surface area contributed by atoms with Gasteiger partial charge in [-0.15, -0.1) is 0 Å². The zero-order valence-electron chi connectivity index (χ0n) is 8.66. The second-order valence-electron chi connectivity index (χ2n) is 4.10. The van der Waals surface area contributed by atoms with Crippen molar-refractivity contribution in [3.05, 3.63) is 28.2 Å². The van der Waals surface area contributed by atoms with Gasteiger partial charge in [-0.2, -0.15) is 0 Å². The van der Waals surface area contributed by atoms with Crippen molar-refractivity contribution >= 4 is 15.9 Å². The summed E-state index contributed by atoms with van der Waals surface area (Å²) in [5, 5.41) is 0. The highest BCUT2D eigenvalue weighted by Gasteiger charge is 2.45. The number of nitrogens with two attached hydrogens (primary N) is 2. The smallest absolute Gasteiger partial charge is 0.123 e. The summed E-state index contributed by atoms with van der Waals surface area (Å²) in [5.41, 5.74) is 13.0. The Labute approximate surface area is 97.9 Å². The largest absolute Gasteiger partial charge is 0.496 e. The van der Waals surface area contributed by atoms with Crippen molar-refractivity contribution in [2.45, 2.75) is 24.4 Å². The number of halogens is 1. The third-order valence-electron chi connectivity index (χ3n) is 2.97. The van der Waals surface area contributed by atoms with E-state index in [4.69, 9.17) is 16.2 Å². The normalized spacial score (nSPS) is 19.7. The van der Waals surface area contributed by atoms with Crippen LogP contribution in [0.1, 0.15) is 24.4 Å². The molecule has 0 aliphatic heterocycles. The average Bonchev–Trinajstić information content (AvgIpc) is 2.96. The quantitative estimate of drug-likeness (QED) is 0.883. The molecule has 1 atom stereocenters. The molecule has 0 amide bonds. The van der Waals surface area contributed by atoms with Crippen LogP contribution in [0.5, 0.6) is 5.75 Å². The minimum atomic E-state index is -0.228. The first kappa shape index (κ1) is 10.9. The van der Waals surface area contributed by atoms with Crippen LogP contribution in [-0.2, 0) is 0 Å². The Morgan fingerprint density at radius 2 is 2.13 bits per heavy atom. The Morgan fingerprint density at radius 1 is 1.47 bits per heavy atom. The maximum absolute atomic E-state index is 6.15. The van der Waals surface area contributed by atoms with E-state index >= 15 is 0 Å². The molecule has 1 saturated carbocycles. The lowest BCUT2D eigenvalue weighted by Crippen LogP contribution is -2.36. The maximum atomic E-state index is 6.15. The van der Waals surface area contributed by atoms with E-state index in [2.05, 4.69) is 15.9 Å². The van der Waals surface area contributed by atoms with Crippen LogP contribution < -0.4 is 16.2 Å². The van der Waals surface area contributed by atoms with E-state index < -0.39 is 0 Å². The summed E-state index contributed by atoms with van der Waals surface area (Å²) in [6.45, 7) is 0. The van der Waals surface area contributed by atoms with Crippen molar-refractivity contribution in [2.24, 2.45) is 11.5 Å². The standard InChI is InChI=1S/C11H15BrN2O/c1-15-9-3-2-7(12)6-8(9)10(13)11(14)4-5-11/h2-3,6,10H,4-5,13-14H2,1H3. The van der Waals surface area contributed by atoms with E-state index in [1.807, 2.05) is 18.2 Å². The summed E-state index contributed by atoms with van der Waals surface area (Å²) in [5.74, 6) is 0.808. The fourth-order valence-corrected chi connectivity index (χ4v) is 2.09. The highest BCUT2D eigenvalue weighted by atomic mass is 79.9. The molecule has 4 N–H and O–H groups in total. The first-order valence-corrected chi connectivity index (χ1v) is 5.74. The number of methoxy groups -OCH3 is 1. The molecule has 0 saturated heterocycles. The van der Waals surface area contributed by atoms with Crippen LogP contribution in [0.3, 0.4) is 0 Å². The van der Waals surface area contributed by atoms with Crippen molar-refractivity contribution in [1.29, 1.82) is 0 Å². The van der Waals surface area contributed by atoms with E-state index in [9.17, 15) is 0 Å². The Hall–Kier alpha value is -0.580. The summed E-state index contributed by atoms with van der Waals surface area (Å²) >= 11 is 3.43. The van der Waals surface area contributed by atoms with Crippen molar-refractivity contribution in [3.63, 3.8) is 0 Å². The fraction of sp³-hybridized carbons (Fsp3) is 0.455. The second-order valence-corrected chi connectivity index (χ2v) is 5.01. The van der Waals surface area contributed by atoms with Gasteiger partial charge in [0.05, 0.1) is 13.2 Å². The van der Waals surface area contributed by atoms with Crippen LogP contribution in [0.25, 0.3) is 0 Å². The molecular formula is C11H15BrN2O. The molecule has 1 aromatic rings. The van der Waals surface area contributed by atoms with E-state index in [0.717, 1.165) is 28.6 Å². The van der Waals surface area contributed by atoms with Gasteiger partial charge in [0.1, 0.15) is 5.75 Å². The monoisotopic (exact) mass is 270 g/mol. The summed E-state index contributed by atoms with van der Waals surface area (Å²) in [6.07, 6.45) is 1.98. The van der Waals surface area contributed by atoms with Gasteiger partial charge >= 0.3 is 0 Å².